The first-order valence-corrected chi connectivity index (χ1v) is 8.29. The van der Waals surface area contributed by atoms with Gasteiger partial charge in [0.15, 0.2) is 11.6 Å². The molecule has 3 rings (SSSR count). The van der Waals surface area contributed by atoms with Crippen LogP contribution in [0.25, 0.3) is 0 Å². The van der Waals surface area contributed by atoms with Crippen LogP contribution in [0.15, 0.2) is 6.33 Å². The van der Waals surface area contributed by atoms with Crippen molar-refractivity contribution in [2.24, 2.45) is 11.8 Å². The van der Waals surface area contributed by atoms with Crippen LogP contribution in [0.3, 0.4) is 0 Å². The number of nitrogen functional groups attached to an aromatic ring is 1. The molecule has 2 fully saturated rings. The topological polar surface area (TPSA) is 131 Å². The highest BCUT2D eigenvalue weighted by Gasteiger charge is 2.43. The van der Waals surface area contributed by atoms with E-state index in [9.17, 15) is 9.18 Å². The largest absolute Gasteiger partial charge is 0.483 e. The van der Waals surface area contributed by atoms with Gasteiger partial charge in [-0.1, -0.05) is 0 Å². The van der Waals surface area contributed by atoms with Crippen LogP contribution in [0, 0.1) is 17.7 Å². The summed E-state index contributed by atoms with van der Waals surface area (Å²) in [6.45, 7) is 2.67. The summed E-state index contributed by atoms with van der Waals surface area (Å²) in [5.74, 6) is 0.273. The third-order valence-electron chi connectivity index (χ3n) is 4.91. The minimum Gasteiger partial charge on any atom is -0.483 e. The second-order valence-corrected chi connectivity index (χ2v) is 6.48. The zero-order valence-corrected chi connectivity index (χ0v) is 14.8. The van der Waals surface area contributed by atoms with Crippen LogP contribution in [0.4, 0.5) is 16.0 Å². The van der Waals surface area contributed by atoms with Crippen molar-refractivity contribution in [1.82, 2.24) is 15.3 Å². The van der Waals surface area contributed by atoms with Gasteiger partial charge in [0.25, 0.3) is 6.47 Å². The average Bonchev–Trinajstić information content (AvgIpc) is 2.99. The molecule has 0 radical (unpaired) electrons. The van der Waals surface area contributed by atoms with Crippen molar-refractivity contribution in [3.8, 4) is 0 Å². The van der Waals surface area contributed by atoms with Crippen molar-refractivity contribution in [2.75, 3.05) is 30.8 Å². The van der Waals surface area contributed by atoms with Crippen LogP contribution in [0.2, 0.25) is 0 Å². The molecule has 1 aromatic heterocycles. The number of amides is 1. The molecule has 0 bridgehead atoms. The number of rotatable bonds is 3. The van der Waals surface area contributed by atoms with E-state index < -0.39 is 5.82 Å². The van der Waals surface area contributed by atoms with Crippen molar-refractivity contribution in [1.29, 1.82) is 0 Å². The standard InChI is InChI=1S/C15H22FN5O2.CH2O2/c1-8(22)20-11-3-9-5-21(6-10(9)4-12(11)23-2)15-13(16)14(17)18-7-19-15;2-1-3/h7,9-12H,3-6H2,1-2H3,(H,20,22)(H2,17,18,19);1H,(H,2,3)/t9-,10+,11-,12-;/m1./s1. The molecule has 0 spiro atoms. The number of carbonyl (C=O) groups is 2. The number of fused-ring (bicyclic) bond motifs is 1. The average molecular weight is 369 g/mol. The van der Waals surface area contributed by atoms with E-state index in [0.717, 1.165) is 12.8 Å². The van der Waals surface area contributed by atoms with E-state index in [-0.39, 0.29) is 36.2 Å². The fourth-order valence-electron chi connectivity index (χ4n) is 3.85. The number of hydrogen-bond donors (Lipinski definition) is 3. The number of ether oxygens (including phenoxy) is 1. The summed E-state index contributed by atoms with van der Waals surface area (Å²) < 4.78 is 19.7. The Morgan fingerprint density at radius 3 is 2.62 bits per heavy atom. The van der Waals surface area contributed by atoms with Gasteiger partial charge in [-0.25, -0.2) is 9.97 Å². The molecule has 1 aliphatic carbocycles. The second kappa shape index (κ2) is 8.75. The predicted molar refractivity (Wildman–Crippen MR) is 91.9 cm³/mol. The summed E-state index contributed by atoms with van der Waals surface area (Å²) in [4.78, 5) is 29.4. The molecule has 1 saturated carbocycles. The van der Waals surface area contributed by atoms with Gasteiger partial charge < -0.3 is 25.8 Å². The monoisotopic (exact) mass is 369 g/mol. The summed E-state index contributed by atoms with van der Waals surface area (Å²) >= 11 is 0. The van der Waals surface area contributed by atoms with Gasteiger partial charge in [-0.15, -0.1) is 0 Å². The normalized spacial score (nSPS) is 27.1. The molecule has 0 unspecified atom stereocenters. The molecule has 2 heterocycles. The third-order valence-corrected chi connectivity index (χ3v) is 4.91. The predicted octanol–water partition coefficient (Wildman–Crippen LogP) is 0.265. The lowest BCUT2D eigenvalue weighted by Crippen LogP contribution is -2.49. The maximum atomic E-state index is 14.1. The molecular weight excluding hydrogens is 345 g/mol. The van der Waals surface area contributed by atoms with Gasteiger partial charge in [0, 0.05) is 27.1 Å². The van der Waals surface area contributed by atoms with E-state index in [2.05, 4.69) is 15.3 Å². The molecule has 10 heteroatoms. The summed E-state index contributed by atoms with van der Waals surface area (Å²) in [6, 6.07) is -0.000911. The van der Waals surface area contributed by atoms with Crippen LogP contribution in [-0.4, -0.2) is 59.8 Å². The molecule has 144 valence electrons. The lowest BCUT2D eigenvalue weighted by molar-refractivity contribution is -0.123. The van der Waals surface area contributed by atoms with E-state index in [1.54, 1.807) is 7.11 Å². The third kappa shape index (κ3) is 4.37. The molecule has 1 aromatic rings. The molecule has 1 aliphatic heterocycles. The Labute approximate surface area is 150 Å². The first-order chi connectivity index (χ1) is 12.4. The molecule has 1 amide bonds. The van der Waals surface area contributed by atoms with Crippen molar-refractivity contribution < 1.29 is 23.8 Å². The van der Waals surface area contributed by atoms with Crippen LogP contribution in [0.5, 0.6) is 0 Å². The number of nitrogens with zero attached hydrogens (tertiary/aromatic N) is 3. The molecule has 26 heavy (non-hydrogen) atoms. The van der Waals surface area contributed by atoms with Crippen molar-refractivity contribution in [2.45, 2.75) is 31.9 Å². The van der Waals surface area contributed by atoms with E-state index >= 15 is 0 Å². The lowest BCUT2D eigenvalue weighted by atomic mass is 9.77. The number of hydrogen-bond acceptors (Lipinski definition) is 7. The number of aromatic nitrogens is 2. The van der Waals surface area contributed by atoms with Crippen LogP contribution in [0.1, 0.15) is 19.8 Å². The summed E-state index contributed by atoms with van der Waals surface area (Å²) in [5.41, 5.74) is 5.54. The zero-order chi connectivity index (χ0) is 19.3. The number of nitrogens with two attached hydrogens (primary N) is 1. The highest BCUT2D eigenvalue weighted by Crippen LogP contribution is 2.39. The number of halogens is 1. The first kappa shape index (κ1) is 19.8. The number of nitrogens with one attached hydrogen (secondary N) is 1. The summed E-state index contributed by atoms with van der Waals surface area (Å²) in [6.07, 6.45) is 2.93. The Kier molecular flexibility index (Phi) is 6.67. The maximum absolute atomic E-state index is 14.1. The minimum absolute atomic E-state index is 0.000911. The Morgan fingerprint density at radius 2 is 2.04 bits per heavy atom. The van der Waals surface area contributed by atoms with Crippen LogP contribution < -0.4 is 16.0 Å². The van der Waals surface area contributed by atoms with E-state index in [1.807, 2.05) is 4.90 Å². The highest BCUT2D eigenvalue weighted by atomic mass is 19.1. The van der Waals surface area contributed by atoms with Gasteiger partial charge in [0.1, 0.15) is 6.33 Å². The molecule has 4 atom stereocenters. The Morgan fingerprint density at radius 1 is 1.42 bits per heavy atom. The maximum Gasteiger partial charge on any atom is 0.290 e. The molecule has 2 aliphatic rings. The van der Waals surface area contributed by atoms with Crippen molar-refractivity contribution in [3.05, 3.63) is 12.1 Å². The van der Waals surface area contributed by atoms with Crippen molar-refractivity contribution >= 4 is 24.0 Å². The van der Waals surface area contributed by atoms with E-state index in [4.69, 9.17) is 20.4 Å². The number of anilines is 2. The summed E-state index contributed by atoms with van der Waals surface area (Å²) in [7, 11) is 1.66. The van der Waals surface area contributed by atoms with E-state index in [1.165, 1.54) is 13.3 Å². The minimum atomic E-state index is -0.562. The quantitative estimate of drug-likeness (QED) is 0.647. The Bertz CT molecular complexity index is 647. The van der Waals surface area contributed by atoms with Gasteiger partial charge in [0.2, 0.25) is 11.7 Å². The first-order valence-electron chi connectivity index (χ1n) is 8.29. The van der Waals surface area contributed by atoms with Crippen LogP contribution in [-0.2, 0) is 14.3 Å². The zero-order valence-electron chi connectivity index (χ0n) is 14.8. The smallest absolute Gasteiger partial charge is 0.290 e. The Balaban J connectivity index is 0.000000758. The summed E-state index contributed by atoms with van der Waals surface area (Å²) in [5, 5.41) is 9.86. The molecule has 4 N–H and O–H groups in total. The fraction of sp³-hybridized carbons (Fsp3) is 0.625. The highest BCUT2D eigenvalue weighted by molar-refractivity contribution is 5.73. The number of carboxylic acid groups (broad SMARTS) is 1. The van der Waals surface area contributed by atoms with Gasteiger partial charge >= 0.3 is 0 Å². The molecule has 9 nitrogen and oxygen atoms in total. The molecule has 0 aromatic carbocycles. The fourth-order valence-corrected chi connectivity index (χ4v) is 3.85. The van der Waals surface area contributed by atoms with Gasteiger partial charge in [-0.05, 0) is 24.7 Å². The van der Waals surface area contributed by atoms with Gasteiger partial charge in [-0.2, -0.15) is 4.39 Å². The van der Waals surface area contributed by atoms with Gasteiger partial charge in [0.05, 0.1) is 12.1 Å². The lowest BCUT2D eigenvalue weighted by Gasteiger charge is -2.37. The van der Waals surface area contributed by atoms with Crippen LogP contribution >= 0.6 is 0 Å². The molecule has 1 saturated heterocycles. The SMILES string of the molecule is CO[C@@H]1C[C@H]2CN(c3ncnc(N)c3F)C[C@H]2C[C@H]1NC(C)=O.O=CO. The number of methoxy groups -OCH3 is 1. The van der Waals surface area contributed by atoms with Gasteiger partial charge in [-0.3, -0.25) is 9.59 Å². The number of carbonyl (C=O) groups excluding carboxylic acids is 1. The second-order valence-electron chi connectivity index (χ2n) is 6.48. The van der Waals surface area contributed by atoms with Crippen molar-refractivity contribution in [3.63, 3.8) is 0 Å². The Hall–Kier alpha value is -2.49. The molecular formula is C16H24FN5O4. The van der Waals surface area contributed by atoms with E-state index in [0.29, 0.717) is 24.9 Å².